The van der Waals surface area contributed by atoms with E-state index in [1.165, 1.54) is 43.4 Å². The summed E-state index contributed by atoms with van der Waals surface area (Å²) in [6, 6.07) is 21.8. The van der Waals surface area contributed by atoms with Crippen LogP contribution < -0.4 is 4.74 Å². The van der Waals surface area contributed by atoms with Crippen LogP contribution in [0.3, 0.4) is 0 Å². The molecule has 1 saturated heterocycles. The number of carboxylic acids is 1. The molecular formula is C35H35NO3. The molecule has 1 heterocycles. The number of carboxylic acid groups (broad SMARTS) is 1. The number of allylic oxidation sites excluding steroid dienone is 2. The highest BCUT2D eigenvalue weighted by atomic mass is 16.5. The van der Waals surface area contributed by atoms with Crippen LogP contribution in [0.25, 0.3) is 11.6 Å². The summed E-state index contributed by atoms with van der Waals surface area (Å²) in [4.78, 5) is 14.8. The van der Waals surface area contributed by atoms with E-state index >= 15 is 0 Å². The second-order valence-corrected chi connectivity index (χ2v) is 11.5. The number of benzene rings is 3. The molecule has 1 saturated carbocycles. The van der Waals surface area contributed by atoms with E-state index in [2.05, 4.69) is 53.5 Å². The van der Waals surface area contributed by atoms with Gasteiger partial charge in [-0.05, 0) is 121 Å². The molecule has 3 aromatic carbocycles. The normalized spacial score (nSPS) is 22.5. The molecule has 39 heavy (non-hydrogen) atoms. The minimum atomic E-state index is -0.971. The molecule has 1 N–H and O–H groups in total. The average molecular weight is 518 g/mol. The van der Waals surface area contributed by atoms with Gasteiger partial charge >= 0.3 is 5.97 Å². The number of nitrogens with zero attached hydrogens (tertiary/aromatic N) is 1. The van der Waals surface area contributed by atoms with Crippen LogP contribution in [0.1, 0.15) is 95.1 Å². The van der Waals surface area contributed by atoms with Gasteiger partial charge in [0.25, 0.3) is 0 Å². The molecular weight excluding hydrogens is 482 g/mol. The maximum atomic E-state index is 12.0. The molecule has 0 radical (unpaired) electrons. The quantitative estimate of drug-likeness (QED) is 0.342. The van der Waals surface area contributed by atoms with Crippen LogP contribution >= 0.6 is 0 Å². The number of hydrogen-bond donors (Lipinski definition) is 1. The summed E-state index contributed by atoms with van der Waals surface area (Å²) >= 11 is 0. The summed E-state index contributed by atoms with van der Waals surface area (Å²) in [5, 5.41) is 9.82. The molecule has 0 amide bonds. The third-order valence-corrected chi connectivity index (χ3v) is 9.08. The van der Waals surface area contributed by atoms with Gasteiger partial charge in [-0.15, -0.1) is 0 Å². The molecule has 2 fully saturated rings. The van der Waals surface area contributed by atoms with Crippen molar-refractivity contribution in [3.05, 3.63) is 106 Å². The van der Waals surface area contributed by atoms with Gasteiger partial charge in [-0.25, -0.2) is 4.79 Å². The van der Waals surface area contributed by atoms with Crippen molar-refractivity contribution in [1.29, 1.82) is 0 Å². The van der Waals surface area contributed by atoms with Gasteiger partial charge in [0.15, 0.2) is 0 Å². The van der Waals surface area contributed by atoms with Crippen LogP contribution in [-0.4, -0.2) is 28.6 Å². The number of rotatable bonds is 7. The van der Waals surface area contributed by atoms with Gasteiger partial charge in [-0.3, -0.25) is 4.90 Å². The Morgan fingerprint density at radius 2 is 1.82 bits per heavy atom. The van der Waals surface area contributed by atoms with Gasteiger partial charge in [0.1, 0.15) is 17.1 Å². The van der Waals surface area contributed by atoms with Crippen molar-refractivity contribution in [2.45, 2.75) is 69.4 Å². The Labute approximate surface area is 230 Å². The molecule has 4 nitrogen and oxygen atoms in total. The highest BCUT2D eigenvalue weighted by Gasteiger charge is 2.36. The largest absolute Gasteiger partial charge is 0.478 e. The van der Waals surface area contributed by atoms with Crippen molar-refractivity contribution in [3.63, 3.8) is 0 Å². The molecule has 7 rings (SSSR count). The van der Waals surface area contributed by atoms with Gasteiger partial charge in [0, 0.05) is 12.1 Å². The lowest BCUT2D eigenvalue weighted by atomic mass is 9.88. The Hall–Kier alpha value is -3.63. The fourth-order valence-corrected chi connectivity index (χ4v) is 6.92. The number of hydrogen-bond acceptors (Lipinski definition) is 3. The molecule has 2 unspecified atom stereocenters. The maximum absolute atomic E-state index is 12.0. The standard InChI is InChI=1S/C35H35NO3/c37-35(38)32-19-15-27(22-34(32)39-29-18-14-23-5-3-6-26(23)21-29)24-12-16-28(17-13-24)36-20-4-9-33(36)31-8-2-1-7-30(31)25-10-11-25/h1-3,6-8,12,14-15,18-19,21-22,25,28,33H,4-5,9-11,13,16-17,20H2,(H,37,38). The van der Waals surface area contributed by atoms with Crippen LogP contribution in [0.5, 0.6) is 11.5 Å². The molecule has 4 heteroatoms. The Morgan fingerprint density at radius 3 is 2.62 bits per heavy atom. The molecule has 3 aromatic rings. The van der Waals surface area contributed by atoms with Crippen molar-refractivity contribution in [1.82, 2.24) is 4.90 Å². The molecule has 2 atom stereocenters. The van der Waals surface area contributed by atoms with E-state index in [9.17, 15) is 9.90 Å². The summed E-state index contributed by atoms with van der Waals surface area (Å²) < 4.78 is 6.18. The fraction of sp³-hybridized carbons (Fsp3) is 0.343. The smallest absolute Gasteiger partial charge is 0.339 e. The van der Waals surface area contributed by atoms with E-state index < -0.39 is 5.97 Å². The molecule has 4 aliphatic rings. The predicted octanol–water partition coefficient (Wildman–Crippen LogP) is 8.40. The van der Waals surface area contributed by atoms with E-state index in [0.717, 1.165) is 42.7 Å². The topological polar surface area (TPSA) is 49.8 Å². The number of carbonyl (C=O) groups is 1. The number of aromatic carboxylic acids is 1. The Bertz CT molecular complexity index is 1480. The van der Waals surface area contributed by atoms with Gasteiger partial charge in [-0.2, -0.15) is 0 Å². The maximum Gasteiger partial charge on any atom is 0.339 e. The van der Waals surface area contributed by atoms with Crippen molar-refractivity contribution in [2.75, 3.05) is 6.54 Å². The Morgan fingerprint density at radius 1 is 0.949 bits per heavy atom. The predicted molar refractivity (Wildman–Crippen MR) is 155 cm³/mol. The molecule has 0 bridgehead atoms. The van der Waals surface area contributed by atoms with Crippen LogP contribution in [0.2, 0.25) is 0 Å². The second kappa shape index (κ2) is 10.2. The molecule has 3 aliphatic carbocycles. The fourth-order valence-electron chi connectivity index (χ4n) is 6.92. The van der Waals surface area contributed by atoms with Crippen LogP contribution in [0, 0.1) is 0 Å². The zero-order valence-electron chi connectivity index (χ0n) is 22.3. The zero-order valence-corrected chi connectivity index (χ0v) is 22.3. The molecule has 1 aliphatic heterocycles. The first-order chi connectivity index (χ1) is 19.1. The first kappa shape index (κ1) is 24.4. The number of ether oxygens (including phenoxy) is 1. The molecule has 0 aromatic heterocycles. The lowest BCUT2D eigenvalue weighted by molar-refractivity contribution is 0.0694. The summed E-state index contributed by atoms with van der Waals surface area (Å²) in [5.41, 5.74) is 8.12. The summed E-state index contributed by atoms with van der Waals surface area (Å²) in [6.07, 6.45) is 15.9. The van der Waals surface area contributed by atoms with E-state index in [0.29, 0.717) is 23.6 Å². The number of fused-ring (bicyclic) bond motifs is 1. The van der Waals surface area contributed by atoms with E-state index in [1.807, 2.05) is 24.3 Å². The van der Waals surface area contributed by atoms with Crippen molar-refractivity contribution >= 4 is 17.6 Å². The minimum Gasteiger partial charge on any atom is -0.478 e. The van der Waals surface area contributed by atoms with Gasteiger partial charge < -0.3 is 9.84 Å². The van der Waals surface area contributed by atoms with E-state index in [-0.39, 0.29) is 5.56 Å². The monoisotopic (exact) mass is 517 g/mol. The second-order valence-electron chi connectivity index (χ2n) is 11.5. The average Bonchev–Trinajstić information content (AvgIpc) is 3.50. The van der Waals surface area contributed by atoms with Crippen molar-refractivity contribution < 1.29 is 14.6 Å². The van der Waals surface area contributed by atoms with Gasteiger partial charge in [0.2, 0.25) is 0 Å². The van der Waals surface area contributed by atoms with E-state index in [4.69, 9.17) is 4.74 Å². The highest BCUT2D eigenvalue weighted by molar-refractivity contribution is 5.92. The molecule has 198 valence electrons. The lowest BCUT2D eigenvalue weighted by Gasteiger charge is -2.36. The minimum absolute atomic E-state index is 0.193. The van der Waals surface area contributed by atoms with E-state index in [1.54, 1.807) is 17.2 Å². The van der Waals surface area contributed by atoms with Gasteiger partial charge in [0.05, 0.1) is 0 Å². The SMILES string of the molecule is O=C(O)c1ccc(C2=CCC(N3CCCC3c3ccccc3C3CC3)CC2)cc1Oc1ccc2c(c1)C=CC2. The van der Waals surface area contributed by atoms with Crippen LogP contribution in [-0.2, 0) is 6.42 Å². The third-order valence-electron chi connectivity index (χ3n) is 9.08. The third kappa shape index (κ3) is 4.83. The summed E-state index contributed by atoms with van der Waals surface area (Å²) in [7, 11) is 0. The highest BCUT2D eigenvalue weighted by Crippen LogP contribution is 2.47. The van der Waals surface area contributed by atoms with Gasteiger partial charge in [-0.1, -0.05) is 54.6 Å². The van der Waals surface area contributed by atoms with Crippen LogP contribution in [0.15, 0.2) is 72.8 Å². The summed E-state index contributed by atoms with van der Waals surface area (Å²) in [5.74, 6) is 0.882. The lowest BCUT2D eigenvalue weighted by Crippen LogP contribution is -2.36. The number of likely N-dealkylation sites (tertiary alicyclic amines) is 1. The first-order valence-corrected chi connectivity index (χ1v) is 14.5. The van der Waals surface area contributed by atoms with Crippen molar-refractivity contribution in [2.24, 2.45) is 0 Å². The molecule has 0 spiro atoms. The Kier molecular flexibility index (Phi) is 6.36. The first-order valence-electron chi connectivity index (χ1n) is 14.5. The summed E-state index contributed by atoms with van der Waals surface area (Å²) in [6.45, 7) is 1.18. The zero-order chi connectivity index (χ0) is 26.3. The Balaban J connectivity index is 1.10. The van der Waals surface area contributed by atoms with Crippen molar-refractivity contribution in [3.8, 4) is 11.5 Å². The van der Waals surface area contributed by atoms with Crippen LogP contribution in [0.4, 0.5) is 0 Å².